The number of rotatable bonds is 4. The van der Waals surface area contributed by atoms with Crippen LogP contribution in [0, 0.1) is 6.92 Å². The van der Waals surface area contributed by atoms with Crippen molar-refractivity contribution in [1.29, 1.82) is 0 Å². The molecule has 0 bridgehead atoms. The Balaban J connectivity index is 1.20. The molecular weight excluding hydrogens is 787 g/mol. The van der Waals surface area contributed by atoms with Gasteiger partial charge in [0.25, 0.3) is 6.71 Å². The highest BCUT2D eigenvalue weighted by Gasteiger charge is 2.47. The first kappa shape index (κ1) is 40.2. The summed E-state index contributed by atoms with van der Waals surface area (Å²) in [6.45, 7) is 23.0. The van der Waals surface area contributed by atoms with Gasteiger partial charge in [-0.15, -0.1) is 0 Å². The van der Waals surface area contributed by atoms with Gasteiger partial charge in [0.05, 0.1) is 11.4 Å². The highest BCUT2D eigenvalue weighted by Crippen LogP contribution is 2.54. The summed E-state index contributed by atoms with van der Waals surface area (Å²) in [7, 11) is 0. The molecule has 0 N–H and O–H groups in total. The molecule has 320 valence electrons. The SMILES string of the molecule is Cc1cc2c3c(c1)N(c1cccc4c1OCO4)c1c(ccc4c1OCO4)B3c1cc(C(C)(C)C)ccc1N2c1cc(-c2ccc(C(C)(C)C)cc2)cc(-c2ccc(C(C)(C)C)cc2)c1. The fourth-order valence-corrected chi connectivity index (χ4v) is 10.1. The van der Waals surface area contributed by atoms with Crippen molar-refractivity contribution in [2.45, 2.75) is 85.5 Å². The number of fused-ring (bicyclic) bond motifs is 7. The summed E-state index contributed by atoms with van der Waals surface area (Å²) >= 11 is 0. The molecule has 4 aliphatic rings. The fraction of sp³-hybridized carbons (Fsp3) is 0.263. The van der Waals surface area contributed by atoms with Crippen molar-refractivity contribution >= 4 is 57.2 Å². The number of benzene rings is 7. The van der Waals surface area contributed by atoms with E-state index in [-0.39, 0.29) is 36.5 Å². The monoisotopic (exact) mass is 842 g/mol. The molecule has 0 fully saturated rings. The van der Waals surface area contributed by atoms with Crippen molar-refractivity contribution < 1.29 is 18.9 Å². The number of para-hydroxylation sites is 1. The molecule has 0 radical (unpaired) electrons. The van der Waals surface area contributed by atoms with Gasteiger partial charge < -0.3 is 28.7 Å². The second-order valence-corrected chi connectivity index (χ2v) is 21.0. The maximum atomic E-state index is 6.43. The first-order chi connectivity index (χ1) is 30.5. The number of hydrogen-bond acceptors (Lipinski definition) is 6. The lowest BCUT2D eigenvalue weighted by atomic mass is 9.33. The Morgan fingerprint density at radius 3 is 1.58 bits per heavy atom. The van der Waals surface area contributed by atoms with Crippen LogP contribution in [0.4, 0.5) is 34.1 Å². The van der Waals surface area contributed by atoms with Gasteiger partial charge in [-0.3, -0.25) is 0 Å². The average Bonchev–Trinajstić information content (AvgIpc) is 3.96. The van der Waals surface area contributed by atoms with Crippen molar-refractivity contribution in [2.75, 3.05) is 23.4 Å². The maximum absolute atomic E-state index is 6.43. The van der Waals surface area contributed by atoms with E-state index in [2.05, 4.69) is 194 Å². The van der Waals surface area contributed by atoms with Gasteiger partial charge in [0, 0.05) is 22.7 Å². The molecule has 11 rings (SSSR count). The van der Waals surface area contributed by atoms with Crippen LogP contribution in [-0.2, 0) is 16.2 Å². The van der Waals surface area contributed by atoms with E-state index in [9.17, 15) is 0 Å². The molecule has 0 aliphatic carbocycles. The van der Waals surface area contributed by atoms with Crippen LogP contribution in [0.3, 0.4) is 0 Å². The van der Waals surface area contributed by atoms with E-state index in [4.69, 9.17) is 18.9 Å². The van der Waals surface area contributed by atoms with E-state index in [0.29, 0.717) is 5.75 Å². The molecule has 7 heteroatoms. The zero-order chi connectivity index (χ0) is 44.4. The van der Waals surface area contributed by atoms with Crippen molar-refractivity contribution in [3.05, 3.63) is 150 Å². The van der Waals surface area contributed by atoms with Gasteiger partial charge in [-0.25, -0.2) is 0 Å². The summed E-state index contributed by atoms with van der Waals surface area (Å²) in [5.74, 6) is 2.92. The molecule has 0 atom stereocenters. The van der Waals surface area contributed by atoms with Crippen LogP contribution in [-0.4, -0.2) is 20.3 Å². The Hall–Kier alpha value is -6.60. The van der Waals surface area contributed by atoms with Crippen LogP contribution in [0.1, 0.15) is 84.6 Å². The summed E-state index contributed by atoms with van der Waals surface area (Å²) in [6, 6.07) is 47.8. The molecule has 0 unspecified atom stereocenters. The van der Waals surface area contributed by atoms with Crippen LogP contribution < -0.4 is 45.1 Å². The molecule has 4 heterocycles. The Morgan fingerprint density at radius 1 is 0.438 bits per heavy atom. The van der Waals surface area contributed by atoms with E-state index in [1.807, 2.05) is 12.1 Å². The van der Waals surface area contributed by atoms with Gasteiger partial charge in [-0.1, -0.05) is 135 Å². The smallest absolute Gasteiger partial charge is 0.252 e. The second kappa shape index (κ2) is 14.2. The largest absolute Gasteiger partial charge is 0.454 e. The molecule has 64 heavy (non-hydrogen) atoms. The van der Waals surface area contributed by atoms with Crippen molar-refractivity contribution in [3.63, 3.8) is 0 Å². The lowest BCUT2D eigenvalue weighted by molar-refractivity contribution is 0.174. The molecule has 7 aromatic carbocycles. The van der Waals surface area contributed by atoms with Gasteiger partial charge >= 0.3 is 0 Å². The number of hydrogen-bond donors (Lipinski definition) is 0. The highest BCUT2D eigenvalue weighted by molar-refractivity contribution is 7.00. The van der Waals surface area contributed by atoms with Gasteiger partial charge in [-0.2, -0.15) is 0 Å². The predicted octanol–water partition coefficient (Wildman–Crippen LogP) is 12.8. The first-order valence-electron chi connectivity index (χ1n) is 22.6. The molecule has 0 saturated heterocycles. The number of aryl methyl sites for hydroxylation is 1. The van der Waals surface area contributed by atoms with Crippen LogP contribution >= 0.6 is 0 Å². The Labute approximate surface area is 378 Å². The molecular formula is C57H55BN2O4. The molecule has 0 spiro atoms. The number of ether oxygens (including phenoxy) is 4. The third-order valence-corrected chi connectivity index (χ3v) is 13.5. The number of nitrogens with zero attached hydrogens (tertiary/aromatic N) is 2. The van der Waals surface area contributed by atoms with Gasteiger partial charge in [-0.05, 0) is 139 Å². The molecule has 0 saturated carbocycles. The van der Waals surface area contributed by atoms with E-state index in [1.165, 1.54) is 49.9 Å². The summed E-state index contributed by atoms with van der Waals surface area (Å²) in [6.07, 6.45) is 0. The lowest BCUT2D eigenvalue weighted by Gasteiger charge is -2.45. The Morgan fingerprint density at radius 2 is 0.984 bits per heavy atom. The minimum atomic E-state index is -0.105. The zero-order valence-electron chi connectivity index (χ0n) is 38.6. The summed E-state index contributed by atoms with van der Waals surface area (Å²) < 4.78 is 24.8. The van der Waals surface area contributed by atoms with Gasteiger partial charge in [0.2, 0.25) is 13.6 Å². The van der Waals surface area contributed by atoms with Crippen molar-refractivity contribution in [1.82, 2.24) is 0 Å². The topological polar surface area (TPSA) is 43.4 Å². The Kier molecular flexibility index (Phi) is 8.92. The van der Waals surface area contributed by atoms with Gasteiger partial charge in [0.1, 0.15) is 0 Å². The standard InChI is InChI=1S/C57H55BN2O4/c1-34-26-47-51-48(27-34)60(46-12-11-13-49-53(46)63-32-61-49)52-43(23-25-50-54(52)64-33-62-50)58(51)44-31-41(57(8,9)10)22-24-45(44)59(47)42-29-37(35-14-18-39(19-15-35)55(2,3)4)28-38(30-42)36-16-20-40(21-17-36)56(5,6)7/h11-31H,32-33H2,1-10H3. The summed E-state index contributed by atoms with van der Waals surface area (Å²) in [4.78, 5) is 4.86. The average molecular weight is 843 g/mol. The lowest BCUT2D eigenvalue weighted by Crippen LogP contribution is -2.61. The minimum absolute atomic E-state index is 0.0509. The third kappa shape index (κ3) is 6.45. The minimum Gasteiger partial charge on any atom is -0.454 e. The molecule has 0 aromatic heterocycles. The second-order valence-electron chi connectivity index (χ2n) is 21.0. The van der Waals surface area contributed by atoms with Crippen molar-refractivity contribution in [2.24, 2.45) is 0 Å². The normalized spacial score (nSPS) is 14.7. The van der Waals surface area contributed by atoms with Crippen LogP contribution in [0.25, 0.3) is 22.3 Å². The predicted molar refractivity (Wildman–Crippen MR) is 264 cm³/mol. The van der Waals surface area contributed by atoms with Crippen molar-refractivity contribution in [3.8, 4) is 45.3 Å². The van der Waals surface area contributed by atoms with E-state index >= 15 is 0 Å². The Bertz CT molecular complexity index is 2950. The van der Waals surface area contributed by atoms with Gasteiger partial charge in [0.15, 0.2) is 23.0 Å². The molecule has 0 amide bonds. The zero-order valence-corrected chi connectivity index (χ0v) is 38.6. The third-order valence-electron chi connectivity index (χ3n) is 13.5. The fourth-order valence-electron chi connectivity index (χ4n) is 10.1. The quantitative estimate of drug-likeness (QED) is 0.164. The van der Waals surface area contributed by atoms with Crippen LogP contribution in [0.5, 0.6) is 23.0 Å². The number of anilines is 6. The molecule has 4 aliphatic heterocycles. The molecule has 7 aromatic rings. The summed E-state index contributed by atoms with van der Waals surface area (Å²) in [5, 5.41) is 0. The first-order valence-corrected chi connectivity index (χ1v) is 22.6. The van der Waals surface area contributed by atoms with E-state index < -0.39 is 0 Å². The van der Waals surface area contributed by atoms with Crippen LogP contribution in [0.2, 0.25) is 0 Å². The van der Waals surface area contributed by atoms with E-state index in [1.54, 1.807) is 0 Å². The van der Waals surface area contributed by atoms with E-state index in [0.717, 1.165) is 62.4 Å². The van der Waals surface area contributed by atoms with Crippen LogP contribution in [0.15, 0.2) is 127 Å². The maximum Gasteiger partial charge on any atom is 0.252 e. The molecule has 6 nitrogen and oxygen atoms in total. The highest BCUT2D eigenvalue weighted by atomic mass is 16.7. The summed E-state index contributed by atoms with van der Waals surface area (Å²) in [5.41, 5.74) is 19.7.